The molecule has 3 nitrogen and oxygen atoms in total. The number of hydrogen-bond acceptors (Lipinski definition) is 4. The van der Waals surface area contributed by atoms with Crippen LogP contribution in [0.3, 0.4) is 0 Å². The first-order chi connectivity index (χ1) is 6.27. The van der Waals surface area contributed by atoms with E-state index >= 15 is 0 Å². The minimum absolute atomic E-state index is 0.333. The number of rotatable bonds is 3. The van der Waals surface area contributed by atoms with Crippen LogP contribution < -0.4 is 5.73 Å². The van der Waals surface area contributed by atoms with Crippen LogP contribution in [0, 0.1) is 0 Å². The van der Waals surface area contributed by atoms with Crippen LogP contribution in [0.2, 0.25) is 0 Å². The number of methoxy groups -OCH3 is 1. The van der Waals surface area contributed by atoms with Crippen molar-refractivity contribution in [1.82, 2.24) is 4.98 Å². The van der Waals surface area contributed by atoms with E-state index in [0.717, 1.165) is 10.7 Å². The maximum absolute atomic E-state index is 5.96. The Labute approximate surface area is 89.3 Å². The number of hydrogen-bond donors (Lipinski definition) is 1. The van der Waals surface area contributed by atoms with Crippen LogP contribution >= 0.6 is 11.3 Å². The van der Waals surface area contributed by atoms with Crippen molar-refractivity contribution in [3.8, 4) is 0 Å². The second kappa shape index (κ2) is 3.61. The first-order valence-corrected chi connectivity index (χ1v) is 5.46. The van der Waals surface area contributed by atoms with Crippen molar-refractivity contribution < 1.29 is 4.74 Å². The molecule has 0 aliphatic rings. The Morgan fingerprint density at radius 2 is 1.93 bits per heavy atom. The van der Waals surface area contributed by atoms with E-state index in [1.807, 2.05) is 33.1 Å². The number of thiazole rings is 1. The summed E-state index contributed by atoms with van der Waals surface area (Å²) in [5.74, 6) is 0. The molecule has 0 radical (unpaired) electrons. The third kappa shape index (κ3) is 2.32. The summed E-state index contributed by atoms with van der Waals surface area (Å²) in [5.41, 5.74) is 6.20. The van der Waals surface area contributed by atoms with E-state index in [4.69, 9.17) is 10.5 Å². The zero-order valence-corrected chi connectivity index (χ0v) is 10.2. The van der Waals surface area contributed by atoms with Gasteiger partial charge in [-0.15, -0.1) is 11.3 Å². The number of ether oxygens (including phenoxy) is 1. The molecular formula is C10H18N2OS. The van der Waals surface area contributed by atoms with Crippen LogP contribution in [0.15, 0.2) is 5.38 Å². The van der Waals surface area contributed by atoms with Crippen molar-refractivity contribution in [3.05, 3.63) is 16.1 Å². The maximum Gasteiger partial charge on any atom is 0.112 e. The van der Waals surface area contributed by atoms with Gasteiger partial charge >= 0.3 is 0 Å². The van der Waals surface area contributed by atoms with Gasteiger partial charge in [-0.3, -0.25) is 0 Å². The van der Waals surface area contributed by atoms with Crippen LogP contribution in [0.4, 0.5) is 0 Å². The highest BCUT2D eigenvalue weighted by Crippen LogP contribution is 2.28. The molecule has 0 unspecified atom stereocenters. The predicted molar refractivity (Wildman–Crippen MR) is 59.4 cm³/mol. The summed E-state index contributed by atoms with van der Waals surface area (Å²) >= 11 is 1.58. The molecule has 0 fully saturated rings. The van der Waals surface area contributed by atoms with Gasteiger partial charge in [0.15, 0.2) is 0 Å². The first-order valence-electron chi connectivity index (χ1n) is 4.58. The van der Waals surface area contributed by atoms with Crippen molar-refractivity contribution in [2.24, 2.45) is 5.73 Å². The third-order valence-corrected chi connectivity index (χ3v) is 3.36. The molecule has 1 aromatic heterocycles. The summed E-state index contributed by atoms with van der Waals surface area (Å²) in [6, 6.07) is 0. The van der Waals surface area contributed by atoms with Gasteiger partial charge in [-0.1, -0.05) is 0 Å². The van der Waals surface area contributed by atoms with Crippen molar-refractivity contribution in [2.75, 3.05) is 7.11 Å². The summed E-state index contributed by atoms with van der Waals surface area (Å²) in [4.78, 5) is 4.49. The van der Waals surface area contributed by atoms with Gasteiger partial charge in [0.2, 0.25) is 0 Å². The van der Waals surface area contributed by atoms with E-state index in [1.165, 1.54) is 0 Å². The number of nitrogens with zero attached hydrogens (tertiary/aromatic N) is 1. The van der Waals surface area contributed by atoms with Crippen molar-refractivity contribution >= 4 is 11.3 Å². The Morgan fingerprint density at radius 3 is 2.29 bits per heavy atom. The van der Waals surface area contributed by atoms with Crippen LogP contribution in [-0.2, 0) is 15.9 Å². The van der Waals surface area contributed by atoms with E-state index < -0.39 is 0 Å². The van der Waals surface area contributed by atoms with E-state index in [1.54, 1.807) is 18.4 Å². The molecule has 0 spiro atoms. The molecule has 0 aliphatic carbocycles. The monoisotopic (exact) mass is 214 g/mol. The van der Waals surface area contributed by atoms with E-state index in [0.29, 0.717) is 0 Å². The highest BCUT2D eigenvalue weighted by atomic mass is 32.1. The Balaban J connectivity index is 3.00. The van der Waals surface area contributed by atoms with Crippen LogP contribution in [0.1, 0.15) is 38.4 Å². The van der Waals surface area contributed by atoms with E-state index in [2.05, 4.69) is 4.98 Å². The average molecular weight is 214 g/mol. The highest BCUT2D eigenvalue weighted by molar-refractivity contribution is 7.09. The predicted octanol–water partition coefficient (Wildman–Crippen LogP) is 2.22. The minimum Gasteiger partial charge on any atom is -0.372 e. The van der Waals surface area contributed by atoms with Gasteiger partial charge in [0.1, 0.15) is 10.6 Å². The fourth-order valence-corrected chi connectivity index (χ4v) is 1.97. The van der Waals surface area contributed by atoms with Gasteiger partial charge in [-0.25, -0.2) is 4.98 Å². The van der Waals surface area contributed by atoms with Crippen LogP contribution in [0.25, 0.3) is 0 Å². The molecule has 1 rings (SSSR count). The average Bonchev–Trinajstić information content (AvgIpc) is 2.51. The molecule has 0 atom stereocenters. The largest absolute Gasteiger partial charge is 0.372 e. The molecule has 4 heteroatoms. The maximum atomic E-state index is 5.96. The lowest BCUT2D eigenvalue weighted by molar-refractivity contribution is 0.0158. The Hall–Kier alpha value is -0.450. The van der Waals surface area contributed by atoms with Crippen LogP contribution in [-0.4, -0.2) is 12.1 Å². The van der Waals surface area contributed by atoms with Crippen molar-refractivity contribution in [3.63, 3.8) is 0 Å². The molecule has 80 valence electrons. The van der Waals surface area contributed by atoms with Gasteiger partial charge in [-0.05, 0) is 27.7 Å². The summed E-state index contributed by atoms with van der Waals surface area (Å²) in [6.07, 6.45) is 0. The van der Waals surface area contributed by atoms with Crippen LogP contribution in [0.5, 0.6) is 0 Å². The lowest BCUT2D eigenvalue weighted by Gasteiger charge is -2.20. The Kier molecular flexibility index (Phi) is 2.99. The molecule has 0 bridgehead atoms. The zero-order chi connectivity index (χ0) is 11.0. The molecule has 14 heavy (non-hydrogen) atoms. The third-order valence-electron chi connectivity index (χ3n) is 2.18. The van der Waals surface area contributed by atoms with Gasteiger partial charge in [0.25, 0.3) is 0 Å². The molecule has 1 heterocycles. The standard InChI is InChI=1S/C10H18N2OS/c1-9(2,11)8-12-7(6-14-8)10(3,4)13-5/h6H,11H2,1-5H3. The molecule has 0 saturated carbocycles. The lowest BCUT2D eigenvalue weighted by Crippen LogP contribution is -2.29. The molecular weight excluding hydrogens is 196 g/mol. The smallest absolute Gasteiger partial charge is 0.112 e. The van der Waals surface area contributed by atoms with Gasteiger partial charge in [0.05, 0.1) is 11.2 Å². The van der Waals surface area contributed by atoms with E-state index in [-0.39, 0.29) is 11.1 Å². The summed E-state index contributed by atoms with van der Waals surface area (Å²) < 4.78 is 5.35. The highest BCUT2D eigenvalue weighted by Gasteiger charge is 2.26. The number of aromatic nitrogens is 1. The Bertz CT molecular complexity index is 312. The molecule has 0 amide bonds. The van der Waals surface area contributed by atoms with E-state index in [9.17, 15) is 0 Å². The number of nitrogens with two attached hydrogens (primary N) is 1. The van der Waals surface area contributed by atoms with Crippen molar-refractivity contribution in [1.29, 1.82) is 0 Å². The quantitative estimate of drug-likeness (QED) is 0.839. The zero-order valence-electron chi connectivity index (χ0n) is 9.42. The summed E-state index contributed by atoms with van der Waals surface area (Å²) in [6.45, 7) is 7.90. The minimum atomic E-state index is -0.368. The topological polar surface area (TPSA) is 48.1 Å². The Morgan fingerprint density at radius 1 is 1.36 bits per heavy atom. The normalized spacial score (nSPS) is 13.3. The SMILES string of the molecule is COC(C)(C)c1csc(C(C)(C)N)n1. The second-order valence-corrected chi connectivity index (χ2v) is 5.33. The molecule has 0 saturated heterocycles. The summed E-state index contributed by atoms with van der Waals surface area (Å²) in [5, 5.41) is 2.95. The fraction of sp³-hybridized carbons (Fsp3) is 0.700. The first kappa shape index (κ1) is 11.6. The summed E-state index contributed by atoms with van der Waals surface area (Å²) in [7, 11) is 1.69. The van der Waals surface area contributed by atoms with Gasteiger partial charge < -0.3 is 10.5 Å². The molecule has 2 N–H and O–H groups in total. The molecule has 1 aromatic rings. The lowest BCUT2D eigenvalue weighted by atomic mass is 10.1. The van der Waals surface area contributed by atoms with Crippen molar-refractivity contribution in [2.45, 2.75) is 38.8 Å². The molecule has 0 aromatic carbocycles. The van der Waals surface area contributed by atoms with Gasteiger partial charge in [0, 0.05) is 12.5 Å². The molecule has 0 aliphatic heterocycles. The second-order valence-electron chi connectivity index (χ2n) is 4.47. The van der Waals surface area contributed by atoms with Gasteiger partial charge in [-0.2, -0.15) is 0 Å². The fourth-order valence-electron chi connectivity index (χ4n) is 0.951.